The minimum absolute atomic E-state index is 0.0173. The molecule has 0 radical (unpaired) electrons. The molecule has 3 heterocycles. The molecular weight excluding hydrogens is 635 g/mol. The van der Waals surface area contributed by atoms with Gasteiger partial charge in [-0.2, -0.15) is 4.98 Å². The van der Waals surface area contributed by atoms with Crippen LogP contribution in [0.4, 0.5) is 14.6 Å². The highest BCUT2D eigenvalue weighted by molar-refractivity contribution is 7.70. The van der Waals surface area contributed by atoms with E-state index in [1.54, 1.807) is 19.4 Å². The molecule has 2 aliphatic rings. The number of rotatable bonds is 6. The van der Waals surface area contributed by atoms with Crippen LogP contribution in [0.3, 0.4) is 0 Å². The number of hydrogen-bond donors (Lipinski definition) is 1. The summed E-state index contributed by atoms with van der Waals surface area (Å²) in [6.07, 6.45) is 1.79. The van der Waals surface area contributed by atoms with Gasteiger partial charge in [0.2, 0.25) is 0 Å². The van der Waals surface area contributed by atoms with Gasteiger partial charge in [0.15, 0.2) is 11.5 Å². The van der Waals surface area contributed by atoms with Crippen molar-refractivity contribution in [2.24, 2.45) is 0 Å². The molecule has 1 aliphatic carbocycles. The molecule has 1 atom stereocenters. The second-order valence-corrected chi connectivity index (χ2v) is 16.0. The molecule has 1 aliphatic heterocycles. The lowest BCUT2D eigenvalue weighted by Crippen LogP contribution is -2.54. The lowest BCUT2D eigenvalue weighted by molar-refractivity contribution is -0.129. The molecule has 1 N–H and O–H groups in total. The van der Waals surface area contributed by atoms with Gasteiger partial charge < -0.3 is 19.5 Å². The van der Waals surface area contributed by atoms with E-state index in [1.165, 1.54) is 27.7 Å². The van der Waals surface area contributed by atoms with E-state index < -0.39 is 30.4 Å². The number of piperazine rings is 1. The van der Waals surface area contributed by atoms with Crippen LogP contribution in [0, 0.1) is 12.7 Å². The molecule has 46 heavy (non-hydrogen) atoms. The van der Waals surface area contributed by atoms with Crippen molar-refractivity contribution in [3.05, 3.63) is 81.3 Å². The molecule has 1 amide bonds. The fourth-order valence-electron chi connectivity index (χ4n) is 6.19. The van der Waals surface area contributed by atoms with Crippen LogP contribution in [0.25, 0.3) is 28.0 Å². The highest BCUT2D eigenvalue weighted by atomic mass is 35.5. The largest absolute Gasteiger partial charge is 0.507 e. The Morgan fingerprint density at radius 2 is 1.87 bits per heavy atom. The van der Waals surface area contributed by atoms with Crippen LogP contribution < -0.4 is 15.9 Å². The molecule has 4 aromatic rings. The van der Waals surface area contributed by atoms with E-state index in [2.05, 4.69) is 11.6 Å². The Bertz CT molecular complexity index is 2040. The fraction of sp³-hybridized carbons (Fsp3) is 0.333. The summed E-state index contributed by atoms with van der Waals surface area (Å²) in [5.74, 6) is -2.58. The maximum absolute atomic E-state index is 15.2. The zero-order chi connectivity index (χ0) is 33.2. The number of aryl methyl sites for hydroxylation is 1. The van der Waals surface area contributed by atoms with Crippen LogP contribution in [-0.4, -0.2) is 69.5 Å². The van der Waals surface area contributed by atoms with Gasteiger partial charge in [0.1, 0.15) is 24.5 Å². The number of anilines is 1. The van der Waals surface area contributed by atoms with Crippen molar-refractivity contribution in [1.29, 1.82) is 0 Å². The number of aromatic hydroxyl groups is 1. The Morgan fingerprint density at radius 1 is 1.15 bits per heavy atom. The minimum atomic E-state index is -2.64. The number of phenols is 1. The molecule has 2 aromatic heterocycles. The van der Waals surface area contributed by atoms with Crippen molar-refractivity contribution < 1.29 is 23.2 Å². The second kappa shape index (κ2) is 11.6. The third-order valence-electron chi connectivity index (χ3n) is 8.63. The van der Waals surface area contributed by atoms with E-state index >= 15 is 4.39 Å². The van der Waals surface area contributed by atoms with Crippen LogP contribution in [0.5, 0.6) is 5.75 Å². The van der Waals surface area contributed by atoms with E-state index in [9.17, 15) is 23.7 Å². The predicted molar refractivity (Wildman–Crippen MR) is 177 cm³/mol. The van der Waals surface area contributed by atoms with Gasteiger partial charge in [-0.3, -0.25) is 4.79 Å². The van der Waals surface area contributed by atoms with E-state index in [0.717, 1.165) is 18.4 Å². The second-order valence-electron chi connectivity index (χ2n) is 12.4. The molecule has 0 spiro atoms. The highest BCUT2D eigenvalue weighted by Crippen LogP contribution is 2.46. The molecule has 1 saturated carbocycles. The van der Waals surface area contributed by atoms with E-state index in [0.29, 0.717) is 21.9 Å². The van der Waals surface area contributed by atoms with Crippen molar-refractivity contribution in [3.8, 4) is 22.7 Å². The van der Waals surface area contributed by atoms with Gasteiger partial charge >= 0.3 is 5.69 Å². The summed E-state index contributed by atoms with van der Waals surface area (Å²) >= 11 is 6.75. The predicted octanol–water partition coefficient (Wildman–Crippen LogP) is 5.90. The molecular formula is C33H33ClF2N5O4P. The molecule has 1 saturated heterocycles. The van der Waals surface area contributed by atoms with Gasteiger partial charge in [-0.25, -0.2) is 23.1 Å². The van der Waals surface area contributed by atoms with E-state index in [1.807, 2.05) is 30.9 Å². The summed E-state index contributed by atoms with van der Waals surface area (Å²) in [6, 6.07) is 8.72. The monoisotopic (exact) mass is 667 g/mol. The highest BCUT2D eigenvalue weighted by Gasteiger charge is 2.34. The number of nitrogens with zero attached hydrogens (tertiary/aromatic N) is 5. The number of aromatic nitrogens is 3. The normalized spacial score (nSPS) is 17.1. The number of carbonyl (C=O) groups is 1. The Morgan fingerprint density at radius 3 is 2.48 bits per heavy atom. The molecule has 0 unspecified atom stereocenters. The lowest BCUT2D eigenvalue weighted by Gasteiger charge is -2.40. The summed E-state index contributed by atoms with van der Waals surface area (Å²) < 4.78 is 43.3. The van der Waals surface area contributed by atoms with Gasteiger partial charge in [-0.15, -0.1) is 0 Å². The Balaban J connectivity index is 1.64. The summed E-state index contributed by atoms with van der Waals surface area (Å²) in [7, 11) is -2.64. The summed E-state index contributed by atoms with van der Waals surface area (Å²) in [6.45, 7) is 10.7. The summed E-state index contributed by atoms with van der Waals surface area (Å²) in [5.41, 5.74) is 1.29. The molecule has 9 nitrogen and oxygen atoms in total. The quantitative estimate of drug-likeness (QED) is 0.202. The van der Waals surface area contributed by atoms with Gasteiger partial charge in [-0.1, -0.05) is 24.2 Å². The van der Waals surface area contributed by atoms with Crippen LogP contribution in [-0.2, 0) is 9.36 Å². The van der Waals surface area contributed by atoms with Crippen LogP contribution in [0.2, 0.25) is 5.02 Å². The van der Waals surface area contributed by atoms with Crippen molar-refractivity contribution >= 4 is 46.8 Å². The zero-order valence-corrected chi connectivity index (χ0v) is 27.5. The van der Waals surface area contributed by atoms with Gasteiger partial charge in [0.05, 0.1) is 27.4 Å². The Hall–Kier alpha value is -4.08. The Labute approximate surface area is 269 Å². The average Bonchev–Trinajstić information content (AvgIpc) is 3.82. The number of hydrogen-bond acceptors (Lipinski definition) is 7. The van der Waals surface area contributed by atoms with Crippen molar-refractivity contribution in [3.63, 3.8) is 0 Å². The lowest BCUT2D eigenvalue weighted by atomic mass is 10.0. The van der Waals surface area contributed by atoms with Crippen LogP contribution in [0.1, 0.15) is 36.8 Å². The number of benzene rings is 2. The molecule has 13 heteroatoms. The average molecular weight is 668 g/mol. The third-order valence-corrected chi connectivity index (χ3v) is 10.4. The zero-order valence-electron chi connectivity index (χ0n) is 25.9. The minimum Gasteiger partial charge on any atom is -0.507 e. The maximum atomic E-state index is 15.2. The SMILES string of the molecule is C=C(F)C(=O)N1CCN(c2nc(=O)n(-c3c(C)cc(P(C)(C)=O)cc3C3CC3)c3nc(-c4c(O)cccc4F)c(Cl)cc23)[C@@H](C)C1. The number of amides is 1. The number of carbonyl (C=O) groups excluding carboxylic acids is 1. The number of fused-ring (bicyclic) bond motifs is 1. The number of halogens is 3. The fourth-order valence-corrected chi connectivity index (χ4v) is 7.39. The van der Waals surface area contributed by atoms with Gasteiger partial charge in [0, 0.05) is 31.0 Å². The molecule has 240 valence electrons. The summed E-state index contributed by atoms with van der Waals surface area (Å²) in [4.78, 5) is 39.0. The summed E-state index contributed by atoms with van der Waals surface area (Å²) in [5, 5.41) is 11.7. The first kappa shape index (κ1) is 31.9. The van der Waals surface area contributed by atoms with Crippen molar-refractivity contribution in [1.82, 2.24) is 19.4 Å². The molecule has 0 bridgehead atoms. The molecule has 2 aromatic carbocycles. The topological polar surface area (TPSA) is 109 Å². The molecule has 2 fully saturated rings. The maximum Gasteiger partial charge on any atom is 0.355 e. The van der Waals surface area contributed by atoms with Gasteiger partial charge in [0.25, 0.3) is 5.91 Å². The third kappa shape index (κ3) is 5.60. The first-order valence-corrected chi connectivity index (χ1v) is 17.9. The van der Waals surface area contributed by atoms with Crippen LogP contribution in [0.15, 0.2) is 53.6 Å². The van der Waals surface area contributed by atoms with Crippen LogP contribution >= 0.6 is 18.7 Å². The van der Waals surface area contributed by atoms with Crippen molar-refractivity contribution in [2.45, 2.75) is 38.6 Å². The standard InChI is InChI=1S/C33H33ClF2N5O4P/c1-17-13-21(46(4,5)45)14-22(20-9-10-20)29(17)41-31-23(15-24(34)28(37-31)27-25(36)7-6-8-26(27)42)30(38-33(41)44)40-12-11-39(16-18(40)2)32(43)19(3)35/h6-8,13-15,18,20,42H,3,9-12,16H2,1-2,4-5H3/t18-/m0/s1. The first-order chi connectivity index (χ1) is 21.7. The van der Waals surface area contributed by atoms with E-state index in [4.69, 9.17) is 16.6 Å². The number of pyridine rings is 1. The smallest absolute Gasteiger partial charge is 0.355 e. The van der Waals surface area contributed by atoms with Gasteiger partial charge in [-0.05, 0) is 87.4 Å². The van der Waals surface area contributed by atoms with E-state index in [-0.39, 0.29) is 65.1 Å². The first-order valence-electron chi connectivity index (χ1n) is 14.9. The Kier molecular flexibility index (Phi) is 8.05. The molecule has 6 rings (SSSR count). The van der Waals surface area contributed by atoms with Crippen molar-refractivity contribution in [2.75, 3.05) is 37.9 Å². The number of phenolic OH excluding ortho intramolecular Hbond substituents is 1.